The van der Waals surface area contributed by atoms with Crippen LogP contribution in [0.15, 0.2) is 42.6 Å². The maximum absolute atomic E-state index is 4.45. The number of nitrogens with one attached hydrogen (secondary N) is 1. The molecule has 0 fully saturated rings. The molecule has 2 heteroatoms. The van der Waals surface area contributed by atoms with Gasteiger partial charge in [0.15, 0.2) is 0 Å². The lowest BCUT2D eigenvalue weighted by Crippen LogP contribution is -2.00. The Balaban J connectivity index is 2.26. The first-order valence-corrected chi connectivity index (χ1v) is 6.62. The Kier molecular flexibility index (Phi) is 4.35. The SMILES string of the molecule is CCCNc1ccnc(-c2cccc(CC)c2)c1. The highest BCUT2D eigenvalue weighted by molar-refractivity contribution is 5.64. The molecular formula is C16H20N2. The first-order valence-electron chi connectivity index (χ1n) is 6.62. The van der Waals surface area contributed by atoms with Crippen molar-refractivity contribution >= 4 is 5.69 Å². The third-order valence-corrected chi connectivity index (χ3v) is 2.97. The van der Waals surface area contributed by atoms with Crippen LogP contribution in [0.4, 0.5) is 5.69 Å². The molecule has 0 bridgehead atoms. The predicted molar refractivity (Wildman–Crippen MR) is 77.8 cm³/mol. The Morgan fingerprint density at radius 1 is 1.11 bits per heavy atom. The van der Waals surface area contributed by atoms with Crippen LogP contribution in [0, 0.1) is 0 Å². The Morgan fingerprint density at radius 3 is 2.78 bits per heavy atom. The second-order valence-corrected chi connectivity index (χ2v) is 4.41. The van der Waals surface area contributed by atoms with Crippen LogP contribution in [0.3, 0.4) is 0 Å². The number of pyridine rings is 1. The maximum Gasteiger partial charge on any atom is 0.0722 e. The van der Waals surface area contributed by atoms with Gasteiger partial charge >= 0.3 is 0 Å². The van der Waals surface area contributed by atoms with Crippen molar-refractivity contribution in [3.05, 3.63) is 48.2 Å². The van der Waals surface area contributed by atoms with E-state index in [9.17, 15) is 0 Å². The number of nitrogens with zero attached hydrogens (tertiary/aromatic N) is 1. The lowest BCUT2D eigenvalue weighted by atomic mass is 10.1. The van der Waals surface area contributed by atoms with Gasteiger partial charge in [0.25, 0.3) is 0 Å². The molecule has 18 heavy (non-hydrogen) atoms. The number of rotatable bonds is 5. The van der Waals surface area contributed by atoms with Crippen molar-refractivity contribution in [1.29, 1.82) is 0 Å². The van der Waals surface area contributed by atoms with Crippen LogP contribution in [0.25, 0.3) is 11.3 Å². The van der Waals surface area contributed by atoms with Gasteiger partial charge in [-0.25, -0.2) is 0 Å². The zero-order valence-electron chi connectivity index (χ0n) is 11.1. The van der Waals surface area contributed by atoms with Gasteiger partial charge in [0.1, 0.15) is 0 Å². The largest absolute Gasteiger partial charge is 0.385 e. The van der Waals surface area contributed by atoms with E-state index in [4.69, 9.17) is 0 Å². The summed E-state index contributed by atoms with van der Waals surface area (Å²) in [6, 6.07) is 12.7. The first kappa shape index (κ1) is 12.6. The summed E-state index contributed by atoms with van der Waals surface area (Å²) in [5.41, 5.74) is 4.71. The van der Waals surface area contributed by atoms with Gasteiger partial charge in [-0.1, -0.05) is 32.0 Å². The summed E-state index contributed by atoms with van der Waals surface area (Å²) in [7, 11) is 0. The minimum atomic E-state index is 0.998. The average molecular weight is 240 g/mol. The van der Waals surface area contributed by atoms with Gasteiger partial charge in [0.05, 0.1) is 5.69 Å². The molecule has 1 aromatic carbocycles. The van der Waals surface area contributed by atoms with E-state index in [1.54, 1.807) is 0 Å². The molecule has 1 aromatic heterocycles. The van der Waals surface area contributed by atoms with Crippen molar-refractivity contribution in [3.63, 3.8) is 0 Å². The van der Waals surface area contributed by atoms with Crippen LogP contribution in [-0.2, 0) is 6.42 Å². The fourth-order valence-corrected chi connectivity index (χ4v) is 1.92. The van der Waals surface area contributed by atoms with Crippen LogP contribution in [0.2, 0.25) is 0 Å². The molecule has 0 spiro atoms. The van der Waals surface area contributed by atoms with Crippen molar-refractivity contribution < 1.29 is 0 Å². The number of hydrogen-bond acceptors (Lipinski definition) is 2. The van der Waals surface area contributed by atoms with Crippen LogP contribution >= 0.6 is 0 Å². The van der Waals surface area contributed by atoms with Crippen molar-refractivity contribution in [2.75, 3.05) is 11.9 Å². The normalized spacial score (nSPS) is 10.3. The molecule has 0 radical (unpaired) electrons. The highest BCUT2D eigenvalue weighted by Gasteiger charge is 2.01. The third kappa shape index (κ3) is 3.10. The van der Waals surface area contributed by atoms with Crippen molar-refractivity contribution in [3.8, 4) is 11.3 Å². The Hall–Kier alpha value is -1.83. The van der Waals surface area contributed by atoms with E-state index in [-0.39, 0.29) is 0 Å². The Bertz CT molecular complexity index is 506. The van der Waals surface area contributed by atoms with Gasteiger partial charge in [-0.2, -0.15) is 0 Å². The molecule has 1 heterocycles. The van der Waals surface area contributed by atoms with Gasteiger partial charge in [0, 0.05) is 24.0 Å². The molecule has 2 rings (SSSR count). The molecule has 0 saturated carbocycles. The summed E-state index contributed by atoms with van der Waals surface area (Å²) in [4.78, 5) is 4.45. The molecular weight excluding hydrogens is 220 g/mol. The Morgan fingerprint density at radius 2 is 2.00 bits per heavy atom. The molecule has 0 atom stereocenters. The van der Waals surface area contributed by atoms with E-state index < -0.39 is 0 Å². The molecule has 94 valence electrons. The van der Waals surface area contributed by atoms with E-state index in [2.05, 4.69) is 54.5 Å². The maximum atomic E-state index is 4.45. The fraction of sp³-hybridized carbons (Fsp3) is 0.312. The smallest absolute Gasteiger partial charge is 0.0722 e. The molecule has 0 aliphatic heterocycles. The number of aryl methyl sites for hydroxylation is 1. The number of anilines is 1. The number of benzene rings is 1. The zero-order chi connectivity index (χ0) is 12.8. The summed E-state index contributed by atoms with van der Waals surface area (Å²) in [6.45, 7) is 5.34. The quantitative estimate of drug-likeness (QED) is 0.849. The number of hydrogen-bond donors (Lipinski definition) is 1. The van der Waals surface area contributed by atoms with Crippen molar-refractivity contribution in [2.24, 2.45) is 0 Å². The molecule has 2 aromatic rings. The molecule has 0 amide bonds. The van der Waals surface area contributed by atoms with Crippen molar-refractivity contribution in [2.45, 2.75) is 26.7 Å². The molecule has 2 nitrogen and oxygen atoms in total. The summed E-state index contributed by atoms with van der Waals surface area (Å²) >= 11 is 0. The van der Waals surface area contributed by atoms with Crippen LogP contribution in [-0.4, -0.2) is 11.5 Å². The molecule has 0 unspecified atom stereocenters. The topological polar surface area (TPSA) is 24.9 Å². The van der Waals surface area contributed by atoms with E-state index in [1.807, 2.05) is 12.3 Å². The standard InChI is InChI=1S/C16H20N2/c1-3-9-17-15-8-10-18-16(12-15)14-7-5-6-13(4-2)11-14/h5-8,10-12H,3-4,9H2,1-2H3,(H,17,18). The fourth-order valence-electron chi connectivity index (χ4n) is 1.92. The van der Waals surface area contributed by atoms with E-state index >= 15 is 0 Å². The van der Waals surface area contributed by atoms with Gasteiger partial charge in [-0.3, -0.25) is 4.98 Å². The van der Waals surface area contributed by atoms with Crippen LogP contribution < -0.4 is 5.32 Å². The van der Waals surface area contributed by atoms with E-state index in [0.29, 0.717) is 0 Å². The number of aromatic nitrogens is 1. The van der Waals surface area contributed by atoms with E-state index in [0.717, 1.165) is 30.8 Å². The lowest BCUT2D eigenvalue weighted by molar-refractivity contribution is 0.979. The molecule has 1 N–H and O–H groups in total. The lowest BCUT2D eigenvalue weighted by Gasteiger charge is -2.07. The molecule has 0 aliphatic carbocycles. The monoisotopic (exact) mass is 240 g/mol. The van der Waals surface area contributed by atoms with Gasteiger partial charge < -0.3 is 5.32 Å². The van der Waals surface area contributed by atoms with Gasteiger partial charge in [-0.05, 0) is 36.6 Å². The van der Waals surface area contributed by atoms with Crippen molar-refractivity contribution in [1.82, 2.24) is 4.98 Å². The molecule has 0 aliphatic rings. The Labute approximate surface area is 109 Å². The molecule has 0 saturated heterocycles. The second kappa shape index (κ2) is 6.20. The van der Waals surface area contributed by atoms with Gasteiger partial charge in [0.2, 0.25) is 0 Å². The first-order chi connectivity index (χ1) is 8.83. The zero-order valence-corrected chi connectivity index (χ0v) is 11.1. The second-order valence-electron chi connectivity index (χ2n) is 4.41. The van der Waals surface area contributed by atoms with Crippen LogP contribution in [0.5, 0.6) is 0 Å². The highest BCUT2D eigenvalue weighted by Crippen LogP contribution is 2.21. The highest BCUT2D eigenvalue weighted by atomic mass is 14.9. The minimum Gasteiger partial charge on any atom is -0.385 e. The average Bonchev–Trinajstić information content (AvgIpc) is 2.45. The van der Waals surface area contributed by atoms with E-state index in [1.165, 1.54) is 11.1 Å². The summed E-state index contributed by atoms with van der Waals surface area (Å²) in [5, 5.41) is 3.39. The predicted octanol–water partition coefficient (Wildman–Crippen LogP) is 4.13. The third-order valence-electron chi connectivity index (χ3n) is 2.97. The van der Waals surface area contributed by atoms with Gasteiger partial charge in [-0.15, -0.1) is 0 Å². The summed E-state index contributed by atoms with van der Waals surface area (Å²) < 4.78 is 0. The minimum absolute atomic E-state index is 0.998. The summed E-state index contributed by atoms with van der Waals surface area (Å²) in [6.07, 6.45) is 4.05. The van der Waals surface area contributed by atoms with Crippen LogP contribution in [0.1, 0.15) is 25.8 Å². The summed E-state index contributed by atoms with van der Waals surface area (Å²) in [5.74, 6) is 0.